The summed E-state index contributed by atoms with van der Waals surface area (Å²) in [5, 5.41) is 6.37. The largest absolute Gasteiger partial charge is 0.401 e. The maximum atomic E-state index is 13.4. The normalized spacial score (nSPS) is 18.1. The van der Waals surface area contributed by atoms with Crippen molar-refractivity contribution in [3.8, 4) is 0 Å². The molecule has 1 heterocycles. The van der Waals surface area contributed by atoms with Gasteiger partial charge in [-0.2, -0.15) is 24.9 Å². The number of nitrogens with zero attached hydrogens (tertiary/aromatic N) is 2. The van der Waals surface area contributed by atoms with E-state index in [9.17, 15) is 17.6 Å². The Balaban J connectivity index is 0.00000392. The first-order chi connectivity index (χ1) is 12.8. The molecule has 0 aliphatic carbocycles. The SMILES string of the molecule is CN=C(NCc1ccc(F)cc1CSC)NCC1CCN(CC(F)(F)F)C1.I. The van der Waals surface area contributed by atoms with Crippen LogP contribution in [0.5, 0.6) is 0 Å². The third kappa shape index (κ3) is 8.73. The maximum absolute atomic E-state index is 13.4. The molecular formula is C18H27F4IN4S. The van der Waals surface area contributed by atoms with E-state index >= 15 is 0 Å². The highest BCUT2D eigenvalue weighted by atomic mass is 127. The zero-order chi connectivity index (χ0) is 19.9. The fourth-order valence-corrected chi connectivity index (χ4v) is 3.75. The molecule has 2 rings (SSSR count). The summed E-state index contributed by atoms with van der Waals surface area (Å²) in [7, 11) is 1.65. The second-order valence-electron chi connectivity index (χ2n) is 6.66. The van der Waals surface area contributed by atoms with Crippen LogP contribution in [0.25, 0.3) is 0 Å². The van der Waals surface area contributed by atoms with E-state index in [2.05, 4.69) is 15.6 Å². The Hall–Kier alpha value is -0.750. The first-order valence-electron chi connectivity index (χ1n) is 8.80. The van der Waals surface area contributed by atoms with Crippen LogP contribution in [-0.2, 0) is 12.3 Å². The van der Waals surface area contributed by atoms with E-state index in [0.717, 1.165) is 23.3 Å². The van der Waals surface area contributed by atoms with Gasteiger partial charge in [0.2, 0.25) is 0 Å². The summed E-state index contributed by atoms with van der Waals surface area (Å²) < 4.78 is 50.8. The summed E-state index contributed by atoms with van der Waals surface area (Å²) in [5.41, 5.74) is 1.93. The maximum Gasteiger partial charge on any atom is 0.401 e. The Labute approximate surface area is 184 Å². The van der Waals surface area contributed by atoms with Gasteiger partial charge in [-0.15, -0.1) is 24.0 Å². The first kappa shape index (κ1) is 25.3. The molecule has 0 radical (unpaired) electrons. The molecule has 0 aromatic heterocycles. The number of nitrogens with one attached hydrogen (secondary N) is 2. The predicted molar refractivity (Wildman–Crippen MR) is 118 cm³/mol. The van der Waals surface area contributed by atoms with Crippen molar-refractivity contribution in [3.63, 3.8) is 0 Å². The third-order valence-electron chi connectivity index (χ3n) is 4.47. The van der Waals surface area contributed by atoms with Crippen LogP contribution in [0.15, 0.2) is 23.2 Å². The van der Waals surface area contributed by atoms with Crippen LogP contribution < -0.4 is 10.6 Å². The van der Waals surface area contributed by atoms with E-state index in [4.69, 9.17) is 0 Å². The van der Waals surface area contributed by atoms with Crippen LogP contribution in [0, 0.1) is 11.7 Å². The topological polar surface area (TPSA) is 39.7 Å². The fourth-order valence-electron chi connectivity index (χ4n) is 3.17. The molecule has 0 spiro atoms. The lowest BCUT2D eigenvalue weighted by molar-refractivity contribution is -0.143. The van der Waals surface area contributed by atoms with E-state index in [1.54, 1.807) is 24.9 Å². The molecule has 1 saturated heterocycles. The summed E-state index contributed by atoms with van der Waals surface area (Å²) >= 11 is 1.62. The minimum atomic E-state index is -4.15. The van der Waals surface area contributed by atoms with Crippen molar-refractivity contribution >= 4 is 41.7 Å². The second-order valence-corrected chi connectivity index (χ2v) is 7.52. The van der Waals surface area contributed by atoms with Crippen LogP contribution in [0.2, 0.25) is 0 Å². The van der Waals surface area contributed by atoms with Gasteiger partial charge in [-0.3, -0.25) is 9.89 Å². The highest BCUT2D eigenvalue weighted by molar-refractivity contribution is 14.0. The van der Waals surface area contributed by atoms with Gasteiger partial charge in [0.1, 0.15) is 5.82 Å². The Kier molecular flexibility index (Phi) is 10.9. The molecule has 2 N–H and O–H groups in total. The Bertz CT molecular complexity index is 643. The summed E-state index contributed by atoms with van der Waals surface area (Å²) in [6.07, 6.45) is -1.45. The molecule has 28 heavy (non-hydrogen) atoms. The summed E-state index contributed by atoms with van der Waals surface area (Å²) in [6, 6.07) is 4.73. The second kappa shape index (κ2) is 12.1. The third-order valence-corrected chi connectivity index (χ3v) is 5.07. The molecule has 1 aromatic carbocycles. The Morgan fingerprint density at radius 3 is 2.68 bits per heavy atom. The molecule has 1 aliphatic heterocycles. The molecule has 4 nitrogen and oxygen atoms in total. The summed E-state index contributed by atoms with van der Waals surface area (Å²) in [4.78, 5) is 5.60. The number of thioether (sulfide) groups is 1. The van der Waals surface area contributed by atoms with Crippen LogP contribution in [0.3, 0.4) is 0 Å². The Morgan fingerprint density at radius 2 is 2.04 bits per heavy atom. The number of hydrogen-bond acceptors (Lipinski definition) is 3. The lowest BCUT2D eigenvalue weighted by Crippen LogP contribution is -2.40. The molecule has 0 amide bonds. The minimum absolute atomic E-state index is 0. The van der Waals surface area contributed by atoms with Gasteiger partial charge in [0.25, 0.3) is 0 Å². The molecule has 0 bridgehead atoms. The number of alkyl halides is 3. The molecule has 1 atom stereocenters. The van der Waals surface area contributed by atoms with Gasteiger partial charge in [0.15, 0.2) is 5.96 Å². The molecule has 0 saturated carbocycles. The number of guanidine groups is 1. The standard InChI is InChI=1S/C18H26F4N4S.HI/c1-23-17(24-8-13-5-6-26(10-13)12-18(20,21)22)25-9-14-3-4-16(19)7-15(14)11-27-2;/h3-4,7,13H,5-6,8-12H2,1-2H3,(H2,23,24,25);1H. The average Bonchev–Trinajstić information content (AvgIpc) is 3.02. The quantitative estimate of drug-likeness (QED) is 0.242. The van der Waals surface area contributed by atoms with E-state index in [-0.39, 0.29) is 35.7 Å². The predicted octanol–water partition coefficient (Wildman–Crippen LogP) is 3.86. The van der Waals surface area contributed by atoms with Gasteiger partial charge in [0.05, 0.1) is 6.54 Å². The van der Waals surface area contributed by atoms with Gasteiger partial charge in [-0.25, -0.2) is 4.39 Å². The smallest absolute Gasteiger partial charge is 0.356 e. The fraction of sp³-hybridized carbons (Fsp3) is 0.611. The average molecular weight is 534 g/mol. The lowest BCUT2D eigenvalue weighted by Gasteiger charge is -2.19. The molecule has 1 fully saturated rings. The number of benzene rings is 1. The number of halogens is 5. The van der Waals surface area contributed by atoms with Crippen molar-refractivity contribution in [2.45, 2.75) is 24.9 Å². The van der Waals surface area contributed by atoms with Gasteiger partial charge in [0, 0.05) is 32.4 Å². The zero-order valence-electron chi connectivity index (χ0n) is 16.0. The van der Waals surface area contributed by atoms with Crippen LogP contribution in [0.4, 0.5) is 17.6 Å². The molecule has 10 heteroatoms. The molecule has 1 aromatic rings. The zero-order valence-corrected chi connectivity index (χ0v) is 19.1. The van der Waals surface area contributed by atoms with Crippen molar-refractivity contribution in [2.24, 2.45) is 10.9 Å². The van der Waals surface area contributed by atoms with Gasteiger partial charge in [-0.1, -0.05) is 6.07 Å². The molecule has 1 aliphatic rings. The van der Waals surface area contributed by atoms with E-state index in [1.807, 2.05) is 6.26 Å². The van der Waals surface area contributed by atoms with Crippen molar-refractivity contribution in [2.75, 3.05) is 39.5 Å². The number of rotatable bonds is 7. The van der Waals surface area contributed by atoms with Crippen molar-refractivity contribution in [1.82, 2.24) is 15.5 Å². The highest BCUT2D eigenvalue weighted by Gasteiger charge is 2.34. The number of likely N-dealkylation sites (tertiary alicyclic amines) is 1. The number of aliphatic imine (C=N–C) groups is 1. The van der Waals surface area contributed by atoms with E-state index < -0.39 is 12.7 Å². The van der Waals surface area contributed by atoms with Gasteiger partial charge >= 0.3 is 6.18 Å². The minimum Gasteiger partial charge on any atom is -0.356 e. The monoisotopic (exact) mass is 534 g/mol. The highest BCUT2D eigenvalue weighted by Crippen LogP contribution is 2.22. The summed E-state index contributed by atoms with van der Waals surface area (Å²) in [6.45, 7) is 1.11. The first-order valence-corrected chi connectivity index (χ1v) is 10.2. The Morgan fingerprint density at radius 1 is 1.29 bits per heavy atom. The van der Waals surface area contributed by atoms with Crippen LogP contribution in [-0.4, -0.2) is 56.5 Å². The van der Waals surface area contributed by atoms with E-state index in [0.29, 0.717) is 32.1 Å². The summed E-state index contributed by atoms with van der Waals surface area (Å²) in [5.74, 6) is 1.21. The van der Waals surface area contributed by atoms with Crippen LogP contribution in [0.1, 0.15) is 17.5 Å². The van der Waals surface area contributed by atoms with Gasteiger partial charge in [-0.05, 0) is 48.4 Å². The number of hydrogen-bond donors (Lipinski definition) is 2. The van der Waals surface area contributed by atoms with E-state index in [1.165, 1.54) is 17.0 Å². The van der Waals surface area contributed by atoms with Crippen molar-refractivity contribution < 1.29 is 17.6 Å². The van der Waals surface area contributed by atoms with Gasteiger partial charge < -0.3 is 10.6 Å². The van der Waals surface area contributed by atoms with Crippen LogP contribution >= 0.6 is 35.7 Å². The molecule has 160 valence electrons. The molecule has 1 unspecified atom stereocenters. The van der Waals surface area contributed by atoms with Crippen molar-refractivity contribution in [3.05, 3.63) is 35.1 Å². The molecular weight excluding hydrogens is 507 g/mol. The van der Waals surface area contributed by atoms with Crippen molar-refractivity contribution in [1.29, 1.82) is 0 Å². The lowest BCUT2D eigenvalue weighted by atomic mass is 10.1.